The van der Waals surface area contributed by atoms with Crippen LogP contribution >= 0.6 is 11.8 Å². The lowest BCUT2D eigenvalue weighted by Crippen LogP contribution is -2.24. The molecule has 4 nitrogen and oxygen atoms in total. The van der Waals surface area contributed by atoms with Gasteiger partial charge in [0.15, 0.2) is 0 Å². The van der Waals surface area contributed by atoms with E-state index in [0.717, 1.165) is 48.7 Å². The van der Waals surface area contributed by atoms with Gasteiger partial charge in [0.05, 0.1) is 11.5 Å². The van der Waals surface area contributed by atoms with Crippen molar-refractivity contribution in [2.45, 2.75) is 37.1 Å². The Morgan fingerprint density at radius 1 is 1.44 bits per heavy atom. The summed E-state index contributed by atoms with van der Waals surface area (Å²) in [6, 6.07) is 3.96. The molecule has 0 saturated heterocycles. The Morgan fingerprint density at radius 2 is 2.22 bits per heavy atom. The summed E-state index contributed by atoms with van der Waals surface area (Å²) >= 11 is 1.06. The van der Waals surface area contributed by atoms with Crippen molar-refractivity contribution < 1.29 is 9.90 Å². The number of aliphatic carboxylic acids is 1. The van der Waals surface area contributed by atoms with Gasteiger partial charge in [-0.2, -0.15) is 5.26 Å². The average Bonchev–Trinajstić information content (AvgIpc) is 2.59. The first-order valence-corrected chi connectivity index (χ1v) is 6.95. The molecule has 0 saturated carbocycles. The number of thioether (sulfide) groups is 1. The molecule has 1 heterocycles. The number of nitriles is 1. The Balaban J connectivity index is 2.31. The molecule has 1 aliphatic carbocycles. The lowest BCUT2D eigenvalue weighted by Gasteiger charge is -2.10. The van der Waals surface area contributed by atoms with Crippen LogP contribution in [0.4, 0.5) is 0 Å². The van der Waals surface area contributed by atoms with E-state index in [4.69, 9.17) is 5.26 Å². The number of fused-ring (bicyclic) bond motifs is 1. The third-order valence-electron chi connectivity index (χ3n) is 2.96. The summed E-state index contributed by atoms with van der Waals surface area (Å²) in [4.78, 5) is 14.9. The zero-order valence-corrected chi connectivity index (χ0v) is 10.8. The molecule has 1 aliphatic rings. The molecule has 18 heavy (non-hydrogen) atoms. The minimum absolute atomic E-state index is 0.166. The predicted molar refractivity (Wildman–Crippen MR) is 65.9 cm³/mol. The highest BCUT2D eigenvalue weighted by atomic mass is 32.2. The first-order valence-electron chi connectivity index (χ1n) is 5.96. The van der Waals surface area contributed by atoms with Crippen molar-refractivity contribution in [3.05, 3.63) is 22.9 Å². The van der Waals surface area contributed by atoms with Gasteiger partial charge in [-0.1, -0.05) is 18.2 Å². The normalized spacial score (nSPS) is 14.4. The summed E-state index contributed by atoms with van der Waals surface area (Å²) in [5.74, 6) is -1.30. The van der Waals surface area contributed by atoms with Crippen LogP contribution in [0, 0.1) is 11.3 Å². The first-order chi connectivity index (χ1) is 8.70. The molecular formula is C13H13N2O2S-. The molecule has 0 bridgehead atoms. The van der Waals surface area contributed by atoms with Crippen LogP contribution in [-0.2, 0) is 17.6 Å². The summed E-state index contributed by atoms with van der Waals surface area (Å²) in [5.41, 5.74) is 2.64. The van der Waals surface area contributed by atoms with Crippen molar-refractivity contribution in [1.29, 1.82) is 5.26 Å². The van der Waals surface area contributed by atoms with E-state index in [1.54, 1.807) is 0 Å². The molecule has 94 valence electrons. The molecule has 0 spiro atoms. The molecule has 5 heteroatoms. The van der Waals surface area contributed by atoms with Gasteiger partial charge in [-0.15, -0.1) is 0 Å². The molecule has 0 radical (unpaired) electrons. The maximum atomic E-state index is 10.5. The molecule has 2 rings (SSSR count). The van der Waals surface area contributed by atoms with Crippen LogP contribution in [0.5, 0.6) is 0 Å². The Kier molecular flexibility index (Phi) is 4.21. The summed E-state index contributed by atoms with van der Waals surface area (Å²) in [6.07, 6.45) is 5.30. The van der Waals surface area contributed by atoms with E-state index in [1.165, 1.54) is 6.42 Å². The number of hydrogen-bond acceptors (Lipinski definition) is 5. The zero-order chi connectivity index (χ0) is 13.0. The lowest BCUT2D eigenvalue weighted by molar-refractivity contribution is -0.301. The molecule has 1 aromatic rings. The van der Waals surface area contributed by atoms with Gasteiger partial charge in [-0.3, -0.25) is 0 Å². The van der Waals surface area contributed by atoms with Gasteiger partial charge in [0.1, 0.15) is 11.1 Å². The number of carboxylic acid groups (broad SMARTS) is 1. The zero-order valence-electron chi connectivity index (χ0n) is 9.94. The van der Waals surface area contributed by atoms with Crippen molar-refractivity contribution >= 4 is 17.7 Å². The Morgan fingerprint density at radius 3 is 2.94 bits per heavy atom. The van der Waals surface area contributed by atoms with Gasteiger partial charge in [0.2, 0.25) is 0 Å². The summed E-state index contributed by atoms with van der Waals surface area (Å²) in [7, 11) is 0. The fraction of sp³-hybridized carbons (Fsp3) is 0.462. The maximum absolute atomic E-state index is 10.5. The second kappa shape index (κ2) is 5.87. The van der Waals surface area contributed by atoms with E-state index >= 15 is 0 Å². The van der Waals surface area contributed by atoms with Gasteiger partial charge >= 0.3 is 0 Å². The van der Waals surface area contributed by atoms with Crippen molar-refractivity contribution in [2.75, 3.05) is 5.75 Å². The minimum Gasteiger partial charge on any atom is -0.549 e. The number of pyridine rings is 1. The van der Waals surface area contributed by atoms with Gasteiger partial charge in [-0.25, -0.2) is 4.98 Å². The first kappa shape index (κ1) is 12.9. The molecule has 1 aromatic heterocycles. The largest absolute Gasteiger partial charge is 0.549 e. The van der Waals surface area contributed by atoms with Gasteiger partial charge in [0.25, 0.3) is 0 Å². The topological polar surface area (TPSA) is 76.8 Å². The Hall–Kier alpha value is -1.54. The van der Waals surface area contributed by atoms with Gasteiger partial charge in [0, 0.05) is 11.4 Å². The number of carbonyl (C=O) groups is 1. The van der Waals surface area contributed by atoms with E-state index in [-0.39, 0.29) is 5.75 Å². The summed E-state index contributed by atoms with van der Waals surface area (Å²) in [5, 5.41) is 20.1. The predicted octanol–water partition coefficient (Wildman–Crippen LogP) is 1.06. The quantitative estimate of drug-likeness (QED) is 0.600. The van der Waals surface area contributed by atoms with Crippen molar-refractivity contribution in [3.8, 4) is 6.07 Å². The van der Waals surface area contributed by atoms with E-state index in [9.17, 15) is 9.90 Å². The highest BCUT2D eigenvalue weighted by Crippen LogP contribution is 2.26. The minimum atomic E-state index is -1.14. The van der Waals surface area contributed by atoms with E-state index in [0.29, 0.717) is 10.6 Å². The third kappa shape index (κ3) is 3.02. The van der Waals surface area contributed by atoms with Crippen LogP contribution < -0.4 is 5.11 Å². The lowest BCUT2D eigenvalue weighted by atomic mass is 10.1. The van der Waals surface area contributed by atoms with Crippen molar-refractivity contribution in [3.63, 3.8) is 0 Å². The van der Waals surface area contributed by atoms with Crippen molar-refractivity contribution in [2.24, 2.45) is 0 Å². The standard InChI is InChI=1S/C13H14N2O2S/c14-7-10-6-9-4-2-1-3-5-11(9)15-13(10)18-8-12(16)17/h6H,1-5,8H2,(H,16,17)/p-1. The molecule has 0 aromatic carbocycles. The second-order valence-corrected chi connectivity index (χ2v) is 5.24. The number of hydrogen-bond donors (Lipinski definition) is 0. The van der Waals surface area contributed by atoms with Crippen LogP contribution in [0.1, 0.15) is 36.1 Å². The molecule has 0 amide bonds. The van der Waals surface area contributed by atoms with Gasteiger partial charge in [-0.05, 0) is 37.3 Å². The molecule has 0 unspecified atom stereocenters. The summed E-state index contributed by atoms with van der Waals surface area (Å²) < 4.78 is 0. The van der Waals surface area contributed by atoms with E-state index < -0.39 is 5.97 Å². The number of aryl methyl sites for hydroxylation is 2. The highest BCUT2D eigenvalue weighted by molar-refractivity contribution is 7.99. The maximum Gasteiger partial charge on any atom is 0.114 e. The summed E-state index contributed by atoms with van der Waals surface area (Å²) in [6.45, 7) is 0. The smallest absolute Gasteiger partial charge is 0.114 e. The third-order valence-corrected chi connectivity index (χ3v) is 3.93. The Bertz CT molecular complexity index is 508. The molecule has 0 fully saturated rings. The van der Waals surface area contributed by atoms with E-state index in [1.807, 2.05) is 6.07 Å². The monoisotopic (exact) mass is 261 g/mol. The Labute approximate surface area is 110 Å². The van der Waals surface area contributed by atoms with Crippen LogP contribution in [0.2, 0.25) is 0 Å². The fourth-order valence-corrected chi connectivity index (χ4v) is 2.80. The van der Waals surface area contributed by atoms with Crippen molar-refractivity contribution in [1.82, 2.24) is 4.98 Å². The number of carboxylic acids is 1. The number of carbonyl (C=O) groups excluding carboxylic acids is 1. The fourth-order valence-electron chi connectivity index (χ4n) is 2.11. The second-order valence-electron chi connectivity index (χ2n) is 4.28. The van der Waals surface area contributed by atoms with Crippen LogP contribution in [0.25, 0.3) is 0 Å². The number of rotatable bonds is 3. The average molecular weight is 261 g/mol. The van der Waals surface area contributed by atoms with Crippen LogP contribution in [0.15, 0.2) is 11.1 Å². The highest BCUT2D eigenvalue weighted by Gasteiger charge is 2.14. The SMILES string of the molecule is N#Cc1cc2c(nc1SCC(=O)[O-])CCCCC2. The molecule has 0 atom stereocenters. The van der Waals surface area contributed by atoms with Crippen LogP contribution in [-0.4, -0.2) is 16.7 Å². The van der Waals surface area contributed by atoms with E-state index in [2.05, 4.69) is 11.1 Å². The number of aromatic nitrogens is 1. The number of nitrogens with zero attached hydrogens (tertiary/aromatic N) is 2. The molecule has 0 N–H and O–H groups in total. The van der Waals surface area contributed by atoms with Crippen LogP contribution in [0.3, 0.4) is 0 Å². The van der Waals surface area contributed by atoms with Gasteiger partial charge < -0.3 is 9.90 Å². The molecule has 0 aliphatic heterocycles. The molecular weight excluding hydrogens is 248 g/mol.